The molecule has 0 spiro atoms. The third-order valence-electron chi connectivity index (χ3n) is 7.23. The van der Waals surface area contributed by atoms with Gasteiger partial charge in [-0.1, -0.05) is 11.6 Å². The molecule has 0 aliphatic carbocycles. The van der Waals surface area contributed by atoms with Crippen molar-refractivity contribution in [2.24, 2.45) is 7.05 Å². The van der Waals surface area contributed by atoms with Crippen LogP contribution in [0.1, 0.15) is 26.7 Å². The van der Waals surface area contributed by atoms with Gasteiger partial charge >= 0.3 is 12.2 Å². The minimum atomic E-state index is -4.81. The Labute approximate surface area is 248 Å². The predicted molar refractivity (Wildman–Crippen MR) is 147 cm³/mol. The quantitative estimate of drug-likeness (QED) is 0.346. The molecule has 2 aliphatic rings. The molecule has 2 aliphatic heterocycles. The van der Waals surface area contributed by atoms with Crippen LogP contribution >= 0.6 is 11.6 Å². The number of carbonyl (C=O) groups excluding carboxylic acids is 3. The van der Waals surface area contributed by atoms with E-state index in [-0.39, 0.29) is 57.9 Å². The van der Waals surface area contributed by atoms with Gasteiger partial charge in [0.2, 0.25) is 0 Å². The Balaban J connectivity index is 1.24. The van der Waals surface area contributed by atoms with Gasteiger partial charge in [-0.2, -0.15) is 18.3 Å². The number of anilines is 1. The van der Waals surface area contributed by atoms with Gasteiger partial charge in [-0.05, 0) is 18.2 Å². The third-order valence-corrected chi connectivity index (χ3v) is 7.54. The largest absolute Gasteiger partial charge is 0.435 e. The Kier molecular flexibility index (Phi) is 8.59. The van der Waals surface area contributed by atoms with E-state index in [1.807, 2.05) is 0 Å². The molecule has 4 amide bonds. The highest BCUT2D eigenvalue weighted by Crippen LogP contribution is 2.36. The SMILES string of the molecule is Cn1c(-c2cn(CCF)nc2C(F)(F)F)cnc1C(=O)Nc1ccc(C(=O)N2CCN(C(=O)NC3CNC3)CC2)c(Cl)c1. The van der Waals surface area contributed by atoms with E-state index in [2.05, 4.69) is 26.0 Å². The van der Waals surface area contributed by atoms with Gasteiger partial charge in [0.15, 0.2) is 11.5 Å². The molecule has 0 radical (unpaired) electrons. The fraction of sp³-hybridized carbons (Fsp3) is 0.423. The van der Waals surface area contributed by atoms with Crippen molar-refractivity contribution in [3.8, 4) is 11.3 Å². The molecule has 4 heterocycles. The molecule has 43 heavy (non-hydrogen) atoms. The number of urea groups is 1. The van der Waals surface area contributed by atoms with Crippen LogP contribution in [-0.2, 0) is 19.8 Å². The van der Waals surface area contributed by atoms with Gasteiger partial charge in [0, 0.05) is 58.2 Å². The van der Waals surface area contributed by atoms with Crippen molar-refractivity contribution in [2.45, 2.75) is 18.8 Å². The van der Waals surface area contributed by atoms with Gasteiger partial charge < -0.3 is 30.3 Å². The van der Waals surface area contributed by atoms with Crippen LogP contribution in [0.2, 0.25) is 5.02 Å². The van der Waals surface area contributed by atoms with Crippen LogP contribution in [0.25, 0.3) is 11.3 Å². The van der Waals surface area contributed by atoms with Crippen LogP contribution in [0, 0.1) is 0 Å². The molecule has 1 aromatic carbocycles. The van der Waals surface area contributed by atoms with Gasteiger partial charge in [0.05, 0.1) is 40.6 Å². The van der Waals surface area contributed by atoms with E-state index < -0.39 is 24.5 Å². The average Bonchev–Trinajstić information content (AvgIpc) is 3.54. The molecular weight excluding hydrogens is 598 g/mol. The average molecular weight is 626 g/mol. The van der Waals surface area contributed by atoms with Crippen LogP contribution in [0.4, 0.5) is 28.0 Å². The summed E-state index contributed by atoms with van der Waals surface area (Å²) in [4.78, 5) is 45.7. The van der Waals surface area contributed by atoms with Crippen LogP contribution in [-0.4, -0.2) is 99.0 Å². The van der Waals surface area contributed by atoms with E-state index in [4.69, 9.17) is 11.6 Å². The van der Waals surface area contributed by atoms with Gasteiger partial charge in [0.25, 0.3) is 11.8 Å². The van der Waals surface area contributed by atoms with Gasteiger partial charge in [0.1, 0.15) is 6.67 Å². The molecule has 230 valence electrons. The fourth-order valence-electron chi connectivity index (χ4n) is 4.78. The number of aryl methyl sites for hydroxylation is 1. The second-order valence-corrected chi connectivity index (χ2v) is 10.5. The highest BCUT2D eigenvalue weighted by atomic mass is 35.5. The zero-order chi connectivity index (χ0) is 30.9. The maximum absolute atomic E-state index is 13.6. The second-order valence-electron chi connectivity index (χ2n) is 10.1. The standard InChI is InChI=1S/C26H28ClF4N9O3/c1-37-20(18-14-40(5-4-28)36-21(18)26(29,30)31)13-33-22(37)23(41)34-15-2-3-17(19(27)10-15)24(42)38-6-8-39(9-7-38)25(43)35-16-11-32-12-16/h2-3,10,13-14,16,32H,4-9,11-12H2,1H3,(H,34,41)(H,35,43). The van der Waals surface area contributed by atoms with Crippen molar-refractivity contribution in [3.63, 3.8) is 0 Å². The molecule has 17 heteroatoms. The van der Waals surface area contributed by atoms with Crippen molar-refractivity contribution in [1.82, 2.24) is 39.8 Å². The van der Waals surface area contributed by atoms with Crippen molar-refractivity contribution in [1.29, 1.82) is 0 Å². The first-order valence-corrected chi connectivity index (χ1v) is 13.7. The molecule has 3 N–H and O–H groups in total. The topological polar surface area (TPSA) is 129 Å². The minimum absolute atomic E-state index is 0.0424. The summed E-state index contributed by atoms with van der Waals surface area (Å²) in [6.45, 7) is 1.60. The lowest BCUT2D eigenvalue weighted by Crippen LogP contribution is -2.61. The molecule has 0 bridgehead atoms. The van der Waals surface area contributed by atoms with E-state index in [1.165, 1.54) is 29.8 Å². The number of nitrogens with zero attached hydrogens (tertiary/aromatic N) is 6. The maximum atomic E-state index is 13.6. The van der Waals surface area contributed by atoms with E-state index in [1.54, 1.807) is 9.80 Å². The Morgan fingerprint density at radius 2 is 1.81 bits per heavy atom. The Bertz CT molecular complexity index is 1530. The van der Waals surface area contributed by atoms with Crippen molar-refractivity contribution >= 4 is 35.1 Å². The number of carbonyl (C=O) groups is 3. The number of benzene rings is 1. The highest BCUT2D eigenvalue weighted by molar-refractivity contribution is 6.34. The number of amides is 4. The van der Waals surface area contributed by atoms with E-state index in [0.717, 1.165) is 30.2 Å². The minimum Gasteiger partial charge on any atom is -0.335 e. The Morgan fingerprint density at radius 1 is 1.12 bits per heavy atom. The summed E-state index contributed by atoms with van der Waals surface area (Å²) in [6, 6.07) is 4.27. The fourth-order valence-corrected chi connectivity index (χ4v) is 5.04. The zero-order valence-electron chi connectivity index (χ0n) is 22.9. The van der Waals surface area contributed by atoms with Gasteiger partial charge in [-0.3, -0.25) is 14.3 Å². The molecule has 0 saturated carbocycles. The zero-order valence-corrected chi connectivity index (χ0v) is 23.7. The summed E-state index contributed by atoms with van der Waals surface area (Å²) in [5, 5.41) is 12.1. The lowest BCUT2D eigenvalue weighted by atomic mass is 10.1. The third kappa shape index (κ3) is 6.44. The first kappa shape index (κ1) is 30.3. The lowest BCUT2D eigenvalue weighted by molar-refractivity contribution is -0.141. The molecule has 2 aromatic heterocycles. The van der Waals surface area contributed by atoms with Crippen LogP contribution < -0.4 is 16.0 Å². The number of imidazole rings is 1. The summed E-state index contributed by atoms with van der Waals surface area (Å²) in [5.41, 5.74) is -1.17. The molecular formula is C26H28ClF4N9O3. The number of halogens is 5. The Morgan fingerprint density at radius 3 is 2.42 bits per heavy atom. The van der Waals surface area contributed by atoms with Crippen LogP contribution in [0.15, 0.2) is 30.6 Å². The molecule has 0 atom stereocenters. The predicted octanol–water partition coefficient (Wildman–Crippen LogP) is 2.62. The number of hydrogen-bond donors (Lipinski definition) is 3. The second kappa shape index (κ2) is 12.2. The Hall–Kier alpha value is -4.18. The maximum Gasteiger partial charge on any atom is 0.435 e. The van der Waals surface area contributed by atoms with E-state index in [0.29, 0.717) is 26.2 Å². The number of aromatic nitrogens is 4. The number of alkyl halides is 4. The molecule has 3 aromatic rings. The van der Waals surface area contributed by atoms with Crippen molar-refractivity contribution in [2.75, 3.05) is 51.3 Å². The first-order valence-electron chi connectivity index (χ1n) is 13.3. The van der Waals surface area contributed by atoms with Gasteiger partial charge in [-0.15, -0.1) is 0 Å². The molecule has 0 unspecified atom stereocenters. The van der Waals surface area contributed by atoms with Crippen molar-refractivity contribution in [3.05, 3.63) is 52.7 Å². The smallest absolute Gasteiger partial charge is 0.335 e. The van der Waals surface area contributed by atoms with Crippen LogP contribution in [0.3, 0.4) is 0 Å². The van der Waals surface area contributed by atoms with Crippen LogP contribution in [0.5, 0.6) is 0 Å². The summed E-state index contributed by atoms with van der Waals surface area (Å²) in [7, 11) is 1.37. The van der Waals surface area contributed by atoms with E-state index in [9.17, 15) is 31.9 Å². The molecule has 12 nitrogen and oxygen atoms in total. The van der Waals surface area contributed by atoms with Crippen molar-refractivity contribution < 1.29 is 31.9 Å². The molecule has 2 fully saturated rings. The lowest BCUT2D eigenvalue weighted by Gasteiger charge is -2.37. The summed E-state index contributed by atoms with van der Waals surface area (Å²) >= 11 is 6.39. The molecule has 2 saturated heterocycles. The molecule has 5 rings (SSSR count). The normalized spacial score (nSPS) is 15.8. The number of nitrogens with one attached hydrogen (secondary N) is 3. The monoisotopic (exact) mass is 625 g/mol. The summed E-state index contributed by atoms with van der Waals surface area (Å²) in [5.74, 6) is -1.26. The summed E-state index contributed by atoms with van der Waals surface area (Å²) in [6.07, 6.45) is -2.66. The summed E-state index contributed by atoms with van der Waals surface area (Å²) < 4.78 is 55.5. The number of rotatable bonds is 7. The van der Waals surface area contributed by atoms with Gasteiger partial charge in [-0.25, -0.2) is 14.2 Å². The van der Waals surface area contributed by atoms with E-state index >= 15 is 0 Å². The highest BCUT2D eigenvalue weighted by Gasteiger charge is 2.38. The number of hydrogen-bond acceptors (Lipinski definition) is 6. The number of piperazine rings is 1. The first-order chi connectivity index (χ1) is 20.5.